The first-order valence-corrected chi connectivity index (χ1v) is 6.98. The quantitative estimate of drug-likeness (QED) is 0.396. The largest absolute Gasteiger partial charge is 0.481 e. The molecule has 3 N–H and O–H groups in total. The Morgan fingerprint density at radius 1 is 1.23 bits per heavy atom. The van der Waals surface area contributed by atoms with Gasteiger partial charge in [-0.25, -0.2) is 0 Å². The average molecular weight is 307 g/mol. The highest BCUT2D eigenvalue weighted by Crippen LogP contribution is 2.34. The number of rotatable bonds is 7. The molecule has 1 fully saturated rings. The van der Waals surface area contributed by atoms with Gasteiger partial charge in [0, 0.05) is 19.2 Å². The van der Waals surface area contributed by atoms with E-state index in [1.165, 1.54) is 6.07 Å². The van der Waals surface area contributed by atoms with Crippen LogP contribution in [0.25, 0.3) is 0 Å². The van der Waals surface area contributed by atoms with E-state index in [0.29, 0.717) is 25.1 Å². The van der Waals surface area contributed by atoms with Crippen LogP contribution in [0, 0.1) is 22.0 Å². The monoisotopic (exact) mass is 307 g/mol. The van der Waals surface area contributed by atoms with Gasteiger partial charge in [-0.3, -0.25) is 19.7 Å². The normalized spacial score (nSPS) is 19.8. The minimum absolute atomic E-state index is 0.0289. The summed E-state index contributed by atoms with van der Waals surface area (Å²) in [6.07, 6.45) is 1.11. The van der Waals surface area contributed by atoms with E-state index in [1.54, 1.807) is 18.2 Å². The molecular weight excluding hydrogens is 290 g/mol. The van der Waals surface area contributed by atoms with E-state index < -0.39 is 22.7 Å². The number of aliphatic carboxylic acids is 1. The summed E-state index contributed by atoms with van der Waals surface area (Å²) in [5.41, 5.74) is 0.354. The molecule has 0 bridgehead atoms. The lowest BCUT2D eigenvalue weighted by atomic mass is 9.73. The smallest absolute Gasteiger partial charge is 0.307 e. The number of hydrogen-bond acceptors (Lipinski definition) is 5. The number of para-hydroxylation sites is 2. The van der Waals surface area contributed by atoms with E-state index in [0.717, 1.165) is 0 Å². The molecule has 0 aromatic heterocycles. The van der Waals surface area contributed by atoms with E-state index in [9.17, 15) is 19.7 Å². The van der Waals surface area contributed by atoms with Crippen LogP contribution in [0.4, 0.5) is 11.4 Å². The number of nitrogens with zero attached hydrogens (tertiary/aromatic N) is 1. The Hall–Kier alpha value is -2.64. The third-order valence-electron chi connectivity index (χ3n) is 3.77. The number of nitro benzene ring substituents is 1. The van der Waals surface area contributed by atoms with Crippen LogP contribution in [0.1, 0.15) is 12.8 Å². The van der Waals surface area contributed by atoms with E-state index in [-0.39, 0.29) is 18.1 Å². The summed E-state index contributed by atoms with van der Waals surface area (Å²) in [6.45, 7) is 0.592. The van der Waals surface area contributed by atoms with Crippen LogP contribution in [-0.2, 0) is 9.59 Å². The Kier molecular flexibility index (Phi) is 4.92. The second-order valence-corrected chi connectivity index (χ2v) is 5.12. The third-order valence-corrected chi connectivity index (χ3v) is 3.77. The maximum Gasteiger partial charge on any atom is 0.307 e. The van der Waals surface area contributed by atoms with Crippen molar-refractivity contribution in [1.82, 2.24) is 5.32 Å². The number of amides is 1. The van der Waals surface area contributed by atoms with E-state index in [1.807, 2.05) is 0 Å². The number of carbonyl (C=O) groups excluding carboxylic acids is 1. The van der Waals surface area contributed by atoms with E-state index >= 15 is 0 Å². The van der Waals surface area contributed by atoms with Crippen molar-refractivity contribution in [3.8, 4) is 0 Å². The third kappa shape index (κ3) is 3.51. The molecule has 1 aliphatic rings. The molecule has 22 heavy (non-hydrogen) atoms. The van der Waals surface area contributed by atoms with Crippen molar-refractivity contribution in [1.29, 1.82) is 0 Å². The zero-order valence-electron chi connectivity index (χ0n) is 11.8. The van der Waals surface area contributed by atoms with Gasteiger partial charge in [-0.2, -0.15) is 0 Å². The van der Waals surface area contributed by atoms with Crippen LogP contribution in [0.5, 0.6) is 0 Å². The van der Waals surface area contributed by atoms with Crippen LogP contribution in [-0.4, -0.2) is 35.0 Å². The number of carboxylic acid groups (broad SMARTS) is 1. The van der Waals surface area contributed by atoms with Gasteiger partial charge in [-0.15, -0.1) is 0 Å². The van der Waals surface area contributed by atoms with Crippen molar-refractivity contribution < 1.29 is 19.6 Å². The van der Waals surface area contributed by atoms with Gasteiger partial charge in [0.25, 0.3) is 5.69 Å². The first kappa shape index (κ1) is 15.7. The fraction of sp³-hybridized carbons (Fsp3) is 0.429. The zero-order valence-corrected chi connectivity index (χ0v) is 11.8. The number of hydrogen-bond donors (Lipinski definition) is 3. The molecule has 8 heteroatoms. The lowest BCUT2D eigenvalue weighted by molar-refractivity contribution is -0.384. The molecule has 1 aliphatic carbocycles. The molecule has 1 amide bonds. The fourth-order valence-electron chi connectivity index (χ4n) is 2.41. The zero-order chi connectivity index (χ0) is 16.1. The Bertz CT molecular complexity index is 590. The second kappa shape index (κ2) is 6.88. The van der Waals surface area contributed by atoms with Crippen LogP contribution >= 0.6 is 0 Å². The number of anilines is 1. The lowest BCUT2D eigenvalue weighted by Gasteiger charge is -2.31. The summed E-state index contributed by atoms with van der Waals surface area (Å²) < 4.78 is 0. The summed E-state index contributed by atoms with van der Waals surface area (Å²) in [7, 11) is 0. The molecule has 118 valence electrons. The second-order valence-electron chi connectivity index (χ2n) is 5.12. The Morgan fingerprint density at radius 3 is 2.50 bits per heavy atom. The number of carboxylic acids is 1. The highest BCUT2D eigenvalue weighted by molar-refractivity contribution is 5.86. The van der Waals surface area contributed by atoms with Crippen molar-refractivity contribution in [3.63, 3.8) is 0 Å². The SMILES string of the molecule is O=C(O)C1CCC1C(=O)NCCNc1ccccc1[N+](=O)[O-]. The topological polar surface area (TPSA) is 122 Å². The van der Waals surface area contributed by atoms with Crippen molar-refractivity contribution in [2.45, 2.75) is 12.8 Å². The van der Waals surface area contributed by atoms with Gasteiger partial charge in [0.15, 0.2) is 0 Å². The number of benzene rings is 1. The number of carbonyl (C=O) groups is 2. The van der Waals surface area contributed by atoms with Gasteiger partial charge in [0.1, 0.15) is 5.69 Å². The van der Waals surface area contributed by atoms with Crippen molar-refractivity contribution in [2.75, 3.05) is 18.4 Å². The number of nitrogens with one attached hydrogen (secondary N) is 2. The van der Waals surface area contributed by atoms with Gasteiger partial charge >= 0.3 is 5.97 Å². The molecule has 0 radical (unpaired) electrons. The Labute approximate surface area is 126 Å². The molecule has 8 nitrogen and oxygen atoms in total. The summed E-state index contributed by atoms with van der Waals surface area (Å²) >= 11 is 0. The maximum absolute atomic E-state index is 11.8. The lowest BCUT2D eigenvalue weighted by Crippen LogP contribution is -2.45. The Balaban J connectivity index is 1.77. The first-order valence-electron chi connectivity index (χ1n) is 6.98. The van der Waals surface area contributed by atoms with Crippen LogP contribution < -0.4 is 10.6 Å². The minimum atomic E-state index is -0.940. The van der Waals surface area contributed by atoms with Gasteiger partial charge in [-0.1, -0.05) is 12.1 Å². The van der Waals surface area contributed by atoms with Crippen molar-refractivity contribution in [2.24, 2.45) is 11.8 Å². The first-order chi connectivity index (χ1) is 10.5. The molecule has 2 unspecified atom stereocenters. The molecule has 0 saturated heterocycles. The van der Waals surface area contributed by atoms with Gasteiger partial charge in [0.2, 0.25) is 5.91 Å². The standard InChI is InChI=1S/C14H17N3O5/c18-13(9-5-6-10(9)14(19)20)16-8-7-15-11-3-1-2-4-12(11)17(21)22/h1-4,9-10,15H,5-8H2,(H,16,18)(H,19,20). The highest BCUT2D eigenvalue weighted by atomic mass is 16.6. The maximum atomic E-state index is 11.8. The minimum Gasteiger partial charge on any atom is -0.481 e. The van der Waals surface area contributed by atoms with Crippen LogP contribution in [0.2, 0.25) is 0 Å². The number of nitro groups is 1. The van der Waals surface area contributed by atoms with Gasteiger partial charge in [0.05, 0.1) is 16.8 Å². The van der Waals surface area contributed by atoms with Crippen molar-refractivity contribution >= 4 is 23.3 Å². The molecule has 2 atom stereocenters. The molecular formula is C14H17N3O5. The van der Waals surface area contributed by atoms with Crippen molar-refractivity contribution in [3.05, 3.63) is 34.4 Å². The summed E-state index contributed by atoms with van der Waals surface area (Å²) in [4.78, 5) is 33.0. The van der Waals surface area contributed by atoms with E-state index in [2.05, 4.69) is 10.6 Å². The molecule has 1 aromatic rings. The average Bonchev–Trinajstić information content (AvgIpc) is 2.42. The van der Waals surface area contributed by atoms with Crippen LogP contribution in [0.3, 0.4) is 0 Å². The van der Waals surface area contributed by atoms with Gasteiger partial charge in [-0.05, 0) is 18.9 Å². The summed E-state index contributed by atoms with van der Waals surface area (Å²) in [6, 6.07) is 6.24. The van der Waals surface area contributed by atoms with Crippen LogP contribution in [0.15, 0.2) is 24.3 Å². The molecule has 0 spiro atoms. The highest BCUT2D eigenvalue weighted by Gasteiger charge is 2.41. The summed E-state index contributed by atoms with van der Waals surface area (Å²) in [5.74, 6) is -2.28. The molecule has 1 saturated carbocycles. The summed E-state index contributed by atoms with van der Waals surface area (Å²) in [5, 5.41) is 25.3. The molecule has 2 rings (SSSR count). The Morgan fingerprint density at radius 2 is 1.91 bits per heavy atom. The molecule has 0 aliphatic heterocycles. The van der Waals surface area contributed by atoms with E-state index in [4.69, 9.17) is 5.11 Å². The fourth-order valence-corrected chi connectivity index (χ4v) is 2.41. The predicted octanol–water partition coefficient (Wildman–Crippen LogP) is 1.23. The predicted molar refractivity (Wildman–Crippen MR) is 78.4 cm³/mol. The molecule has 0 heterocycles. The molecule has 1 aromatic carbocycles. The van der Waals surface area contributed by atoms with Gasteiger partial charge < -0.3 is 15.7 Å².